The highest BCUT2D eigenvalue weighted by Gasteiger charge is 2.16. The Hall–Kier alpha value is -5.58. The summed E-state index contributed by atoms with van der Waals surface area (Å²) in [6.45, 7) is 0. The van der Waals surface area contributed by atoms with E-state index in [0.29, 0.717) is 22.5 Å². The van der Waals surface area contributed by atoms with Crippen molar-refractivity contribution in [1.29, 1.82) is 0 Å². The summed E-state index contributed by atoms with van der Waals surface area (Å²) in [7, 11) is 0. The van der Waals surface area contributed by atoms with E-state index >= 15 is 0 Å². The minimum Gasteiger partial charge on any atom is -0.309 e. The summed E-state index contributed by atoms with van der Waals surface area (Å²) in [5.41, 5.74) is 8.38. The van der Waals surface area contributed by atoms with Crippen LogP contribution in [0.3, 0.4) is 0 Å². The van der Waals surface area contributed by atoms with Gasteiger partial charge in [0.1, 0.15) is 0 Å². The van der Waals surface area contributed by atoms with Crippen molar-refractivity contribution in [2.45, 2.75) is 0 Å². The summed E-state index contributed by atoms with van der Waals surface area (Å²) in [5.74, 6) is 1.79. The number of rotatable bonds is 5. The smallest absolute Gasteiger partial charge is 0.164 e. The Morgan fingerprint density at radius 1 is 0.386 bits per heavy atom. The third-order valence-electron chi connectivity index (χ3n) is 7.89. The summed E-state index contributed by atoms with van der Waals surface area (Å²) in [4.78, 5) is 14.7. The Morgan fingerprint density at radius 3 is 1.68 bits per heavy atom. The molecular weight excluding hydrogens is 560 g/mol. The number of aromatic nitrogens is 4. The van der Waals surface area contributed by atoms with Crippen molar-refractivity contribution in [2.24, 2.45) is 0 Å². The molecule has 0 amide bonds. The fraction of sp³-hybridized carbons (Fsp3) is 0. The van der Waals surface area contributed by atoms with Gasteiger partial charge in [-0.15, -0.1) is 0 Å². The summed E-state index contributed by atoms with van der Waals surface area (Å²) >= 11 is 6.35. The molecule has 0 unspecified atom stereocenters. The molecule has 0 saturated carbocycles. The first-order valence-electron chi connectivity index (χ1n) is 14.5. The van der Waals surface area contributed by atoms with Crippen molar-refractivity contribution in [3.8, 4) is 51.0 Å². The maximum absolute atomic E-state index is 6.35. The highest BCUT2D eigenvalue weighted by Crippen LogP contribution is 2.36. The highest BCUT2D eigenvalue weighted by molar-refractivity contribution is 6.30. The number of benzene rings is 6. The van der Waals surface area contributed by atoms with Gasteiger partial charge in [0.15, 0.2) is 17.5 Å². The predicted octanol–water partition coefficient (Wildman–Crippen LogP) is 10.3. The van der Waals surface area contributed by atoms with Gasteiger partial charge in [0.25, 0.3) is 0 Å². The van der Waals surface area contributed by atoms with E-state index in [-0.39, 0.29) is 0 Å². The molecule has 0 aliphatic heterocycles. The molecule has 5 heteroatoms. The van der Waals surface area contributed by atoms with Crippen molar-refractivity contribution in [3.05, 3.63) is 157 Å². The Labute approximate surface area is 259 Å². The maximum atomic E-state index is 6.35. The third-order valence-corrected chi connectivity index (χ3v) is 8.13. The van der Waals surface area contributed by atoms with E-state index in [1.807, 2.05) is 60.7 Å². The molecule has 0 spiro atoms. The quantitative estimate of drug-likeness (QED) is 0.202. The Morgan fingerprint density at radius 2 is 0.955 bits per heavy atom. The number of para-hydroxylation sites is 1. The predicted molar refractivity (Wildman–Crippen MR) is 181 cm³/mol. The van der Waals surface area contributed by atoms with Crippen molar-refractivity contribution in [1.82, 2.24) is 19.5 Å². The fourth-order valence-corrected chi connectivity index (χ4v) is 6.01. The third kappa shape index (κ3) is 4.72. The van der Waals surface area contributed by atoms with Gasteiger partial charge < -0.3 is 4.57 Å². The van der Waals surface area contributed by atoms with Gasteiger partial charge in [0.2, 0.25) is 0 Å². The summed E-state index contributed by atoms with van der Waals surface area (Å²) in [6.07, 6.45) is 0. The van der Waals surface area contributed by atoms with Gasteiger partial charge in [-0.05, 0) is 53.6 Å². The summed E-state index contributed by atoms with van der Waals surface area (Å²) in [6, 6.07) is 51.8. The molecule has 8 rings (SSSR count). The van der Waals surface area contributed by atoms with E-state index in [4.69, 9.17) is 26.6 Å². The second kappa shape index (κ2) is 10.9. The van der Waals surface area contributed by atoms with Crippen LogP contribution < -0.4 is 0 Å². The van der Waals surface area contributed by atoms with Crippen LogP contribution in [0.2, 0.25) is 5.02 Å². The van der Waals surface area contributed by atoms with Gasteiger partial charge in [-0.3, -0.25) is 0 Å². The minimum absolute atomic E-state index is 0.576. The van der Waals surface area contributed by atoms with Gasteiger partial charge in [-0.1, -0.05) is 121 Å². The zero-order chi connectivity index (χ0) is 29.5. The Kier molecular flexibility index (Phi) is 6.47. The van der Waals surface area contributed by atoms with E-state index in [2.05, 4.69) is 95.6 Å². The molecule has 0 aliphatic rings. The van der Waals surface area contributed by atoms with Crippen LogP contribution in [0.15, 0.2) is 152 Å². The minimum atomic E-state index is 0.576. The molecule has 0 aliphatic carbocycles. The number of hydrogen-bond donors (Lipinski definition) is 0. The highest BCUT2D eigenvalue weighted by atomic mass is 35.5. The summed E-state index contributed by atoms with van der Waals surface area (Å²) < 4.78 is 2.32. The van der Waals surface area contributed by atoms with Crippen LogP contribution in [0, 0.1) is 0 Å². The van der Waals surface area contributed by atoms with Crippen LogP contribution in [-0.4, -0.2) is 19.5 Å². The number of halogens is 1. The number of fused-ring (bicyclic) bond motifs is 3. The Balaban J connectivity index is 1.31. The zero-order valence-electron chi connectivity index (χ0n) is 23.6. The molecule has 0 bridgehead atoms. The van der Waals surface area contributed by atoms with Crippen LogP contribution in [0.25, 0.3) is 72.8 Å². The average molecular weight is 585 g/mol. The summed E-state index contributed by atoms with van der Waals surface area (Å²) in [5, 5.41) is 3.05. The first-order chi connectivity index (χ1) is 21.7. The molecule has 0 fully saturated rings. The van der Waals surface area contributed by atoms with Crippen molar-refractivity contribution in [3.63, 3.8) is 0 Å². The van der Waals surface area contributed by atoms with Gasteiger partial charge in [-0.2, -0.15) is 0 Å². The van der Waals surface area contributed by atoms with Crippen LogP contribution >= 0.6 is 11.6 Å². The van der Waals surface area contributed by atoms with E-state index in [0.717, 1.165) is 33.4 Å². The van der Waals surface area contributed by atoms with E-state index < -0.39 is 0 Å². The topological polar surface area (TPSA) is 43.6 Å². The number of nitrogens with zero attached hydrogens (tertiary/aromatic N) is 4. The largest absolute Gasteiger partial charge is 0.309 e. The van der Waals surface area contributed by atoms with Crippen LogP contribution in [-0.2, 0) is 0 Å². The second-order valence-electron chi connectivity index (χ2n) is 10.7. The molecule has 0 N–H and O–H groups in total. The SMILES string of the molecule is Clc1cccc(-c2nc(-c3ccccc3)nc(-c3cccc(-n4c5ccccc5c5cc(-c6ccccc6)ccc54)c3)n2)c1. The molecule has 2 heterocycles. The van der Waals surface area contributed by atoms with Gasteiger partial charge in [0, 0.05) is 38.2 Å². The van der Waals surface area contributed by atoms with Crippen LogP contribution in [0.1, 0.15) is 0 Å². The van der Waals surface area contributed by atoms with Gasteiger partial charge in [0.05, 0.1) is 11.0 Å². The lowest BCUT2D eigenvalue weighted by Crippen LogP contribution is -2.01. The molecule has 0 radical (unpaired) electrons. The van der Waals surface area contributed by atoms with Crippen molar-refractivity contribution >= 4 is 33.4 Å². The monoisotopic (exact) mass is 584 g/mol. The first kappa shape index (κ1) is 26.1. The van der Waals surface area contributed by atoms with Crippen LogP contribution in [0.5, 0.6) is 0 Å². The zero-order valence-corrected chi connectivity index (χ0v) is 24.4. The van der Waals surface area contributed by atoms with Gasteiger partial charge >= 0.3 is 0 Å². The van der Waals surface area contributed by atoms with E-state index in [1.54, 1.807) is 0 Å². The second-order valence-corrected chi connectivity index (χ2v) is 11.1. The molecule has 6 aromatic carbocycles. The molecular formula is C39H25ClN4. The van der Waals surface area contributed by atoms with Gasteiger partial charge in [-0.25, -0.2) is 15.0 Å². The number of hydrogen-bond acceptors (Lipinski definition) is 3. The standard InChI is InChI=1S/C39H25ClN4/c40-31-17-9-15-29(23-31)38-41-37(27-13-5-2-6-14-27)42-39(43-38)30-16-10-18-32(24-30)44-35-20-8-7-19-33(35)34-25-28(21-22-36(34)44)26-11-3-1-4-12-26/h1-25H. The molecule has 4 nitrogen and oxygen atoms in total. The lowest BCUT2D eigenvalue weighted by Gasteiger charge is -2.12. The van der Waals surface area contributed by atoms with E-state index in [1.165, 1.54) is 21.9 Å². The fourth-order valence-electron chi connectivity index (χ4n) is 5.82. The molecule has 208 valence electrons. The lowest BCUT2D eigenvalue weighted by molar-refractivity contribution is 1.07. The molecule has 2 aromatic heterocycles. The molecule has 8 aromatic rings. The Bertz CT molecular complexity index is 2290. The van der Waals surface area contributed by atoms with Crippen molar-refractivity contribution < 1.29 is 0 Å². The average Bonchev–Trinajstić information content (AvgIpc) is 3.43. The first-order valence-corrected chi connectivity index (χ1v) is 14.9. The molecule has 0 saturated heterocycles. The van der Waals surface area contributed by atoms with Crippen LogP contribution in [0.4, 0.5) is 0 Å². The van der Waals surface area contributed by atoms with E-state index in [9.17, 15) is 0 Å². The van der Waals surface area contributed by atoms with Crippen molar-refractivity contribution in [2.75, 3.05) is 0 Å². The maximum Gasteiger partial charge on any atom is 0.164 e. The molecule has 0 atom stereocenters. The normalized spacial score (nSPS) is 11.3. The lowest BCUT2D eigenvalue weighted by atomic mass is 10.0. The molecule has 44 heavy (non-hydrogen) atoms.